The average Bonchev–Trinajstić information content (AvgIpc) is 3.12. The number of benzene rings is 1. The second kappa shape index (κ2) is 8.93. The van der Waals surface area contributed by atoms with E-state index in [2.05, 4.69) is 15.3 Å². The Morgan fingerprint density at radius 2 is 2.03 bits per heavy atom. The van der Waals surface area contributed by atoms with Gasteiger partial charge in [-0.15, -0.1) is 11.3 Å². The summed E-state index contributed by atoms with van der Waals surface area (Å²) in [6, 6.07) is 5.42. The van der Waals surface area contributed by atoms with E-state index in [0.717, 1.165) is 29.7 Å². The van der Waals surface area contributed by atoms with Gasteiger partial charge in [0.25, 0.3) is 0 Å². The second-order valence-corrected chi connectivity index (χ2v) is 6.96. The number of nitrogens with zero attached hydrogens (tertiary/aromatic N) is 3. The minimum atomic E-state index is -4.63. The molecule has 7 nitrogen and oxygen atoms in total. The van der Waals surface area contributed by atoms with Crippen LogP contribution in [0.1, 0.15) is 32.5 Å². The van der Waals surface area contributed by atoms with Crippen molar-refractivity contribution in [2.24, 2.45) is 0 Å². The molecule has 3 rings (SSSR count). The van der Waals surface area contributed by atoms with Crippen molar-refractivity contribution in [1.29, 1.82) is 5.26 Å². The highest BCUT2D eigenvalue weighted by Crippen LogP contribution is 2.34. The summed E-state index contributed by atoms with van der Waals surface area (Å²) in [5.41, 5.74) is -1.28. The maximum absolute atomic E-state index is 12.9. The Balaban J connectivity index is 1.97. The first-order valence-electron chi connectivity index (χ1n) is 8.75. The second-order valence-electron chi connectivity index (χ2n) is 5.96. The molecule has 0 aliphatic rings. The molecule has 0 saturated carbocycles. The molecule has 1 aromatic carbocycles. The molecule has 0 unspecified atom stereocenters. The Kier molecular flexibility index (Phi) is 6.31. The molecule has 0 atom stereocenters. The van der Waals surface area contributed by atoms with Gasteiger partial charge in [0.15, 0.2) is 0 Å². The third kappa shape index (κ3) is 4.70. The number of nitriles is 1. The highest BCUT2D eigenvalue weighted by Gasteiger charge is 2.31. The number of nitrogens with one attached hydrogen (secondary N) is 1. The summed E-state index contributed by atoms with van der Waals surface area (Å²) < 4.78 is 43.8. The number of allylic oxidation sites excluding steroid dienone is 1. The molecular weight excluding hydrogens is 433 g/mol. The van der Waals surface area contributed by atoms with E-state index in [-0.39, 0.29) is 22.7 Å². The maximum Gasteiger partial charge on any atom is 0.416 e. The maximum atomic E-state index is 12.9. The van der Waals surface area contributed by atoms with Crippen LogP contribution in [0.4, 0.5) is 18.9 Å². The standard InChI is InChI=1S/C20H13F3N4O3S/c1-2-30-19(29)17-14(15-18(31-17)26-7-6-25-15)27-10-12(9-24)16(28)11-4-3-5-13(8-11)20(21,22)23/h3-8,10,27H,2H2,1H3. The number of alkyl halides is 3. The van der Waals surface area contributed by atoms with Gasteiger partial charge in [0.2, 0.25) is 5.78 Å². The van der Waals surface area contributed by atoms with Gasteiger partial charge < -0.3 is 10.1 Å². The number of anilines is 1. The summed E-state index contributed by atoms with van der Waals surface area (Å²) in [6.45, 7) is 1.76. The predicted octanol–water partition coefficient (Wildman–Crippen LogP) is 4.59. The molecule has 0 fully saturated rings. The molecule has 11 heteroatoms. The van der Waals surface area contributed by atoms with Gasteiger partial charge in [-0.2, -0.15) is 18.4 Å². The zero-order chi connectivity index (χ0) is 22.6. The Hall–Kier alpha value is -3.78. The summed E-state index contributed by atoms with van der Waals surface area (Å²) in [7, 11) is 0. The van der Waals surface area contributed by atoms with Crippen molar-refractivity contribution in [3.05, 3.63) is 64.4 Å². The van der Waals surface area contributed by atoms with Crippen LogP contribution in [0.15, 0.2) is 48.4 Å². The topological polar surface area (TPSA) is 105 Å². The van der Waals surface area contributed by atoms with Crippen molar-refractivity contribution < 1.29 is 27.5 Å². The summed E-state index contributed by atoms with van der Waals surface area (Å²) in [5, 5.41) is 12.1. The van der Waals surface area contributed by atoms with Crippen LogP contribution in [0.5, 0.6) is 0 Å². The van der Waals surface area contributed by atoms with Crippen LogP contribution in [-0.2, 0) is 10.9 Å². The number of carbonyl (C=O) groups excluding carboxylic acids is 2. The van der Waals surface area contributed by atoms with Crippen molar-refractivity contribution in [1.82, 2.24) is 9.97 Å². The van der Waals surface area contributed by atoms with Gasteiger partial charge >= 0.3 is 12.1 Å². The van der Waals surface area contributed by atoms with Crippen LogP contribution in [0.25, 0.3) is 10.3 Å². The van der Waals surface area contributed by atoms with Crippen LogP contribution in [0.3, 0.4) is 0 Å². The number of aromatic nitrogens is 2. The summed E-state index contributed by atoms with van der Waals surface area (Å²) >= 11 is 1.01. The van der Waals surface area contributed by atoms with Crippen LogP contribution in [0.2, 0.25) is 0 Å². The van der Waals surface area contributed by atoms with Gasteiger partial charge in [-0.25, -0.2) is 14.8 Å². The van der Waals surface area contributed by atoms with Crippen LogP contribution < -0.4 is 5.32 Å². The molecule has 0 aliphatic heterocycles. The first-order valence-corrected chi connectivity index (χ1v) is 9.57. The summed E-state index contributed by atoms with van der Waals surface area (Å²) in [6.07, 6.45) is -0.779. The van der Waals surface area contributed by atoms with Gasteiger partial charge in [0, 0.05) is 24.2 Å². The molecule has 2 heterocycles. The minimum Gasteiger partial charge on any atom is -0.462 e. The number of hydrogen-bond donors (Lipinski definition) is 1. The van der Waals surface area contributed by atoms with Crippen molar-refractivity contribution in [3.8, 4) is 6.07 Å². The molecule has 3 aromatic rings. The first-order chi connectivity index (χ1) is 14.8. The molecular formula is C20H13F3N4O3S. The van der Waals surface area contributed by atoms with Crippen molar-refractivity contribution in [2.75, 3.05) is 11.9 Å². The fourth-order valence-electron chi connectivity index (χ4n) is 2.59. The van der Waals surface area contributed by atoms with E-state index >= 15 is 0 Å². The van der Waals surface area contributed by atoms with E-state index in [0.29, 0.717) is 16.4 Å². The van der Waals surface area contributed by atoms with Crippen LogP contribution in [0, 0.1) is 11.3 Å². The smallest absolute Gasteiger partial charge is 0.416 e. The number of fused-ring (bicyclic) bond motifs is 1. The first kappa shape index (κ1) is 21.9. The Bertz CT molecular complexity index is 1230. The number of hydrogen-bond acceptors (Lipinski definition) is 8. The van der Waals surface area contributed by atoms with Gasteiger partial charge in [-0.3, -0.25) is 4.79 Å². The number of carbonyl (C=O) groups is 2. The van der Waals surface area contributed by atoms with Crippen LogP contribution in [-0.4, -0.2) is 28.3 Å². The number of ether oxygens (including phenoxy) is 1. The lowest BCUT2D eigenvalue weighted by Crippen LogP contribution is -2.10. The fourth-order valence-corrected chi connectivity index (χ4v) is 3.54. The molecule has 158 valence electrons. The lowest BCUT2D eigenvalue weighted by atomic mass is 10.0. The largest absolute Gasteiger partial charge is 0.462 e. The molecule has 0 amide bonds. The quantitative estimate of drug-likeness (QED) is 0.256. The molecule has 31 heavy (non-hydrogen) atoms. The highest BCUT2D eigenvalue weighted by atomic mass is 32.1. The molecule has 2 aromatic heterocycles. The molecule has 0 radical (unpaired) electrons. The predicted molar refractivity (Wildman–Crippen MR) is 106 cm³/mol. The number of ketones is 1. The third-order valence-corrected chi connectivity index (χ3v) is 5.03. The summed E-state index contributed by atoms with van der Waals surface area (Å²) in [5.74, 6) is -1.56. The number of rotatable bonds is 6. The molecule has 0 bridgehead atoms. The van der Waals surface area contributed by atoms with E-state index in [1.165, 1.54) is 18.5 Å². The molecule has 0 saturated heterocycles. The SMILES string of the molecule is CCOC(=O)c1sc2nccnc2c1NC=C(C#N)C(=O)c1cccc(C(F)(F)F)c1. The van der Waals surface area contributed by atoms with E-state index in [1.807, 2.05) is 0 Å². The number of esters is 1. The molecule has 0 spiro atoms. The highest BCUT2D eigenvalue weighted by molar-refractivity contribution is 7.21. The zero-order valence-electron chi connectivity index (χ0n) is 15.9. The van der Waals surface area contributed by atoms with E-state index in [1.54, 1.807) is 13.0 Å². The Labute approximate surface area is 177 Å². The van der Waals surface area contributed by atoms with E-state index in [9.17, 15) is 28.0 Å². The van der Waals surface area contributed by atoms with E-state index in [4.69, 9.17) is 4.74 Å². The van der Waals surface area contributed by atoms with Crippen molar-refractivity contribution >= 4 is 39.1 Å². The molecule has 1 N–H and O–H groups in total. The van der Waals surface area contributed by atoms with Crippen LogP contribution >= 0.6 is 11.3 Å². The number of halogens is 3. The zero-order valence-corrected chi connectivity index (χ0v) is 16.7. The van der Waals surface area contributed by atoms with Gasteiger partial charge in [-0.1, -0.05) is 12.1 Å². The van der Waals surface area contributed by atoms with E-state index < -0.39 is 29.1 Å². The summed E-state index contributed by atoms with van der Waals surface area (Å²) in [4.78, 5) is 33.7. The van der Waals surface area contributed by atoms with Gasteiger partial charge in [-0.05, 0) is 19.1 Å². The average molecular weight is 446 g/mol. The molecule has 0 aliphatic carbocycles. The number of Topliss-reactive ketones (excluding diaryl/α,β-unsaturated/α-hetero) is 1. The Morgan fingerprint density at radius 3 is 2.71 bits per heavy atom. The fraction of sp³-hybridized carbons (Fsp3) is 0.150. The lowest BCUT2D eigenvalue weighted by molar-refractivity contribution is -0.137. The number of thiophene rings is 1. The van der Waals surface area contributed by atoms with Crippen molar-refractivity contribution in [3.63, 3.8) is 0 Å². The minimum absolute atomic E-state index is 0.126. The monoisotopic (exact) mass is 446 g/mol. The van der Waals surface area contributed by atoms with Crippen molar-refractivity contribution in [2.45, 2.75) is 13.1 Å². The van der Waals surface area contributed by atoms with Gasteiger partial charge in [0.1, 0.15) is 26.9 Å². The lowest BCUT2D eigenvalue weighted by Gasteiger charge is -2.08. The normalized spacial score (nSPS) is 11.8. The Morgan fingerprint density at radius 1 is 1.29 bits per heavy atom. The van der Waals surface area contributed by atoms with Gasteiger partial charge in [0.05, 0.1) is 17.9 Å². The third-order valence-electron chi connectivity index (χ3n) is 3.97.